The van der Waals surface area contributed by atoms with Crippen molar-refractivity contribution in [1.29, 1.82) is 0 Å². The lowest BCUT2D eigenvalue weighted by Gasteiger charge is -2.26. The fourth-order valence-electron chi connectivity index (χ4n) is 2.63. The molecule has 18 heavy (non-hydrogen) atoms. The Kier molecular flexibility index (Phi) is 3.49. The van der Waals surface area contributed by atoms with Gasteiger partial charge in [0, 0.05) is 31.7 Å². The molecule has 6 nitrogen and oxygen atoms in total. The molecule has 0 unspecified atom stereocenters. The Labute approximate surface area is 106 Å². The molecular formula is C12H20N4O2. The predicted molar refractivity (Wildman–Crippen MR) is 67.7 cm³/mol. The van der Waals surface area contributed by atoms with Crippen LogP contribution >= 0.6 is 0 Å². The standard InChI is InChI=1S/C12H20N4O2/c17-12-10-1-2-13-9-11(10)14-16(12)4-3-15-5-7-18-8-6-15/h13-14H,1-9H2. The van der Waals surface area contributed by atoms with Crippen molar-refractivity contribution in [2.75, 3.05) is 39.4 Å². The summed E-state index contributed by atoms with van der Waals surface area (Å²) in [7, 11) is 0. The van der Waals surface area contributed by atoms with Crippen molar-refractivity contribution in [3.05, 3.63) is 21.6 Å². The second-order valence-electron chi connectivity index (χ2n) is 4.91. The van der Waals surface area contributed by atoms with Crippen molar-refractivity contribution >= 4 is 0 Å². The van der Waals surface area contributed by atoms with Crippen LogP contribution in [0, 0.1) is 0 Å². The van der Waals surface area contributed by atoms with Crippen molar-refractivity contribution in [3.8, 4) is 0 Å². The minimum Gasteiger partial charge on any atom is -0.379 e. The molecule has 2 N–H and O–H groups in total. The lowest BCUT2D eigenvalue weighted by atomic mass is 10.1. The third-order valence-electron chi connectivity index (χ3n) is 3.73. The van der Waals surface area contributed by atoms with E-state index in [4.69, 9.17) is 4.74 Å². The van der Waals surface area contributed by atoms with Gasteiger partial charge < -0.3 is 10.1 Å². The maximum absolute atomic E-state index is 12.1. The van der Waals surface area contributed by atoms with Crippen molar-refractivity contribution in [2.45, 2.75) is 19.5 Å². The molecule has 2 aliphatic rings. The van der Waals surface area contributed by atoms with Crippen LogP contribution in [0.3, 0.4) is 0 Å². The molecule has 2 aliphatic heterocycles. The highest BCUT2D eigenvalue weighted by Crippen LogP contribution is 2.06. The summed E-state index contributed by atoms with van der Waals surface area (Å²) in [6.45, 7) is 6.90. The Morgan fingerprint density at radius 3 is 2.83 bits per heavy atom. The Balaban J connectivity index is 1.65. The lowest BCUT2D eigenvalue weighted by molar-refractivity contribution is 0.0358. The molecule has 1 aromatic rings. The molecule has 0 amide bonds. The first kappa shape index (κ1) is 12.0. The molecule has 1 aromatic heterocycles. The van der Waals surface area contributed by atoms with Crippen LogP contribution in [0.15, 0.2) is 4.79 Å². The minimum atomic E-state index is 0.166. The minimum absolute atomic E-state index is 0.166. The van der Waals surface area contributed by atoms with Crippen molar-refractivity contribution in [2.24, 2.45) is 0 Å². The molecule has 0 aromatic carbocycles. The average molecular weight is 252 g/mol. The number of aromatic amines is 1. The van der Waals surface area contributed by atoms with E-state index in [0.717, 1.165) is 70.2 Å². The second-order valence-corrected chi connectivity index (χ2v) is 4.91. The maximum Gasteiger partial charge on any atom is 0.270 e. The van der Waals surface area contributed by atoms with Gasteiger partial charge in [-0.05, 0) is 13.0 Å². The highest BCUT2D eigenvalue weighted by molar-refractivity contribution is 5.20. The van der Waals surface area contributed by atoms with E-state index >= 15 is 0 Å². The highest BCUT2D eigenvalue weighted by atomic mass is 16.5. The summed E-state index contributed by atoms with van der Waals surface area (Å²) in [5, 5.41) is 6.50. The third kappa shape index (κ3) is 2.36. The lowest BCUT2D eigenvalue weighted by Crippen LogP contribution is -2.39. The summed E-state index contributed by atoms with van der Waals surface area (Å²) < 4.78 is 7.07. The van der Waals surface area contributed by atoms with Crippen molar-refractivity contribution in [1.82, 2.24) is 20.0 Å². The Hall–Kier alpha value is -1.11. The summed E-state index contributed by atoms with van der Waals surface area (Å²) in [4.78, 5) is 14.5. The number of fused-ring (bicyclic) bond motifs is 1. The predicted octanol–water partition coefficient (Wildman–Crippen LogP) is -0.846. The van der Waals surface area contributed by atoms with Gasteiger partial charge in [-0.2, -0.15) is 0 Å². The zero-order valence-electron chi connectivity index (χ0n) is 10.6. The molecule has 3 heterocycles. The van der Waals surface area contributed by atoms with Crippen molar-refractivity contribution in [3.63, 3.8) is 0 Å². The van der Waals surface area contributed by atoms with Gasteiger partial charge in [0.05, 0.1) is 25.5 Å². The Morgan fingerprint density at radius 1 is 1.22 bits per heavy atom. The quantitative estimate of drug-likeness (QED) is 0.736. The maximum atomic E-state index is 12.1. The van der Waals surface area contributed by atoms with Gasteiger partial charge in [0.15, 0.2) is 0 Å². The van der Waals surface area contributed by atoms with Crippen LogP contribution in [0.2, 0.25) is 0 Å². The van der Waals surface area contributed by atoms with Gasteiger partial charge >= 0.3 is 0 Å². The highest BCUT2D eigenvalue weighted by Gasteiger charge is 2.17. The van der Waals surface area contributed by atoms with Crippen LogP contribution in [-0.4, -0.2) is 54.1 Å². The molecule has 0 radical (unpaired) electrons. The molecule has 0 spiro atoms. The number of nitrogens with zero attached hydrogens (tertiary/aromatic N) is 2. The molecule has 3 rings (SSSR count). The molecule has 1 fully saturated rings. The average Bonchev–Trinajstić information content (AvgIpc) is 2.75. The van der Waals surface area contributed by atoms with Gasteiger partial charge in [-0.1, -0.05) is 0 Å². The second kappa shape index (κ2) is 5.26. The fourth-order valence-corrected chi connectivity index (χ4v) is 2.63. The van der Waals surface area contributed by atoms with E-state index in [1.807, 2.05) is 0 Å². The van der Waals surface area contributed by atoms with Gasteiger partial charge in [-0.25, -0.2) is 0 Å². The zero-order valence-corrected chi connectivity index (χ0v) is 10.6. The summed E-state index contributed by atoms with van der Waals surface area (Å²) in [6.07, 6.45) is 0.842. The smallest absolute Gasteiger partial charge is 0.270 e. The number of rotatable bonds is 3. The number of nitrogens with one attached hydrogen (secondary N) is 2. The van der Waals surface area contributed by atoms with Crippen LogP contribution in [0.5, 0.6) is 0 Å². The summed E-state index contributed by atoms with van der Waals surface area (Å²) in [6, 6.07) is 0. The molecule has 0 atom stereocenters. The molecule has 0 bridgehead atoms. The summed E-state index contributed by atoms with van der Waals surface area (Å²) in [5.41, 5.74) is 2.20. The van der Waals surface area contributed by atoms with Gasteiger partial charge in [0.2, 0.25) is 0 Å². The van der Waals surface area contributed by atoms with Crippen LogP contribution in [0.1, 0.15) is 11.3 Å². The largest absolute Gasteiger partial charge is 0.379 e. The number of hydrogen-bond donors (Lipinski definition) is 2. The van der Waals surface area contributed by atoms with Gasteiger partial charge in [0.1, 0.15) is 0 Å². The van der Waals surface area contributed by atoms with Crippen LogP contribution < -0.4 is 10.9 Å². The molecule has 0 saturated carbocycles. The van der Waals surface area contributed by atoms with Crippen LogP contribution in [0.4, 0.5) is 0 Å². The number of hydrogen-bond acceptors (Lipinski definition) is 4. The summed E-state index contributed by atoms with van der Waals surface area (Å²) in [5.74, 6) is 0. The van der Waals surface area contributed by atoms with E-state index in [2.05, 4.69) is 15.3 Å². The number of aromatic nitrogens is 2. The monoisotopic (exact) mass is 252 g/mol. The van der Waals surface area contributed by atoms with Crippen molar-refractivity contribution < 1.29 is 4.74 Å². The first-order valence-corrected chi connectivity index (χ1v) is 6.66. The Bertz CT molecular complexity index is 459. The van der Waals surface area contributed by atoms with E-state index in [0.29, 0.717) is 0 Å². The zero-order chi connectivity index (χ0) is 12.4. The number of ether oxygens (including phenoxy) is 1. The van der Waals surface area contributed by atoms with Gasteiger partial charge in [0.25, 0.3) is 5.56 Å². The van der Waals surface area contributed by atoms with Gasteiger partial charge in [-0.15, -0.1) is 0 Å². The number of morpholine rings is 1. The normalized spacial score (nSPS) is 20.9. The fraction of sp³-hybridized carbons (Fsp3) is 0.750. The topological polar surface area (TPSA) is 62.3 Å². The summed E-state index contributed by atoms with van der Waals surface area (Å²) >= 11 is 0. The Morgan fingerprint density at radius 2 is 2.06 bits per heavy atom. The molecule has 6 heteroatoms. The molecular weight excluding hydrogens is 232 g/mol. The number of H-pyrrole nitrogens is 1. The third-order valence-corrected chi connectivity index (χ3v) is 3.73. The first-order valence-electron chi connectivity index (χ1n) is 6.66. The van der Waals surface area contributed by atoms with E-state index in [1.165, 1.54) is 0 Å². The molecule has 1 saturated heterocycles. The van der Waals surface area contributed by atoms with Crippen LogP contribution in [-0.2, 0) is 24.2 Å². The van der Waals surface area contributed by atoms with E-state index < -0.39 is 0 Å². The van der Waals surface area contributed by atoms with E-state index in [-0.39, 0.29) is 5.56 Å². The van der Waals surface area contributed by atoms with Gasteiger partial charge in [-0.3, -0.25) is 19.5 Å². The first-order chi connectivity index (χ1) is 8.84. The van der Waals surface area contributed by atoms with E-state index in [1.54, 1.807) is 4.68 Å². The molecule has 0 aliphatic carbocycles. The van der Waals surface area contributed by atoms with Crippen LogP contribution in [0.25, 0.3) is 0 Å². The SMILES string of the molecule is O=c1c2c([nH]n1CCN1CCOCC1)CNCC2. The van der Waals surface area contributed by atoms with E-state index in [9.17, 15) is 4.79 Å². The molecule has 100 valence electrons.